The lowest BCUT2D eigenvalue weighted by atomic mass is 10.2. The molecule has 178 valence electrons. The van der Waals surface area contributed by atoms with Gasteiger partial charge < -0.3 is 14.3 Å². The zero-order chi connectivity index (χ0) is 24.2. The van der Waals surface area contributed by atoms with Gasteiger partial charge in [0.1, 0.15) is 5.69 Å². The predicted molar refractivity (Wildman–Crippen MR) is 134 cm³/mol. The summed E-state index contributed by atoms with van der Waals surface area (Å²) in [7, 11) is 0. The normalized spacial score (nSPS) is 14.1. The van der Waals surface area contributed by atoms with Crippen molar-refractivity contribution in [3.05, 3.63) is 88.8 Å². The van der Waals surface area contributed by atoms with E-state index in [1.165, 1.54) is 0 Å². The van der Waals surface area contributed by atoms with E-state index in [2.05, 4.69) is 17.3 Å². The number of aromatic nitrogens is 3. The Hall–Kier alpha value is -3.98. The van der Waals surface area contributed by atoms with E-state index in [-0.39, 0.29) is 17.6 Å². The number of hydrogen-bond donors (Lipinski definition) is 0. The molecule has 3 aromatic heterocycles. The number of piperazine rings is 1. The van der Waals surface area contributed by atoms with Crippen LogP contribution in [0.1, 0.15) is 27.4 Å². The molecule has 1 aromatic carbocycles. The first kappa shape index (κ1) is 22.8. The Labute approximate surface area is 207 Å². The van der Waals surface area contributed by atoms with Crippen molar-refractivity contribution in [1.29, 1.82) is 0 Å². The van der Waals surface area contributed by atoms with Crippen LogP contribution in [-0.2, 0) is 11.3 Å². The van der Waals surface area contributed by atoms with E-state index in [1.807, 2.05) is 52.7 Å². The molecule has 1 aliphatic rings. The van der Waals surface area contributed by atoms with E-state index >= 15 is 0 Å². The molecule has 1 saturated heterocycles. The van der Waals surface area contributed by atoms with Gasteiger partial charge in [0.2, 0.25) is 11.7 Å². The molecule has 0 aliphatic carbocycles. The maximum Gasteiger partial charge on any atom is 0.292 e. The van der Waals surface area contributed by atoms with Crippen LogP contribution in [0.2, 0.25) is 0 Å². The third-order valence-electron chi connectivity index (χ3n) is 5.85. The SMILES string of the molecule is Cc1cc(C(=O)N2CCN(C(=O)/C=C/c3cn(Cc4ccccc4)nc3-c3cccs3)CC2)on1. The van der Waals surface area contributed by atoms with Crippen LogP contribution in [0, 0.1) is 6.92 Å². The molecule has 0 unspecified atom stereocenters. The van der Waals surface area contributed by atoms with Crippen LogP contribution in [0.25, 0.3) is 16.6 Å². The Bertz CT molecular complexity index is 1330. The average molecular weight is 488 g/mol. The first-order chi connectivity index (χ1) is 17.1. The Morgan fingerprint density at radius 3 is 2.51 bits per heavy atom. The van der Waals surface area contributed by atoms with Crippen LogP contribution >= 0.6 is 11.3 Å². The molecule has 0 radical (unpaired) electrons. The van der Waals surface area contributed by atoms with E-state index in [1.54, 1.807) is 40.2 Å². The minimum atomic E-state index is -0.195. The Balaban J connectivity index is 1.26. The number of thiophene rings is 1. The molecule has 0 atom stereocenters. The standard InChI is InChI=1S/C26H25N5O3S/c1-19-16-22(34-28-19)26(33)30-13-11-29(12-14-30)24(32)10-9-21-18-31(17-20-6-3-2-4-7-20)27-25(21)23-8-5-15-35-23/h2-10,15-16,18H,11-14,17H2,1H3/b10-9+. The van der Waals surface area contributed by atoms with E-state index < -0.39 is 0 Å². The third kappa shape index (κ3) is 5.25. The van der Waals surface area contributed by atoms with Gasteiger partial charge in [0, 0.05) is 50.1 Å². The number of carbonyl (C=O) groups excluding carboxylic acids is 2. The second kappa shape index (κ2) is 10.1. The van der Waals surface area contributed by atoms with Crippen LogP contribution in [0.4, 0.5) is 0 Å². The lowest BCUT2D eigenvalue weighted by molar-refractivity contribution is -0.127. The van der Waals surface area contributed by atoms with Gasteiger partial charge in [0.05, 0.1) is 17.1 Å². The van der Waals surface area contributed by atoms with Gasteiger partial charge in [-0.25, -0.2) is 0 Å². The van der Waals surface area contributed by atoms with Crippen LogP contribution in [0.15, 0.2) is 70.7 Å². The first-order valence-electron chi connectivity index (χ1n) is 11.4. The highest BCUT2D eigenvalue weighted by molar-refractivity contribution is 7.13. The minimum absolute atomic E-state index is 0.0828. The maximum atomic E-state index is 12.9. The first-order valence-corrected chi connectivity index (χ1v) is 12.3. The number of rotatable bonds is 6. The topological polar surface area (TPSA) is 84.5 Å². The molecule has 2 amide bonds. The molecule has 1 fully saturated rings. The van der Waals surface area contributed by atoms with Crippen molar-refractivity contribution in [3.8, 4) is 10.6 Å². The molecule has 4 aromatic rings. The van der Waals surface area contributed by atoms with Gasteiger partial charge in [0.15, 0.2) is 0 Å². The monoisotopic (exact) mass is 487 g/mol. The van der Waals surface area contributed by atoms with Gasteiger partial charge in [-0.1, -0.05) is 41.6 Å². The fourth-order valence-electron chi connectivity index (χ4n) is 4.03. The number of benzene rings is 1. The molecule has 5 rings (SSSR count). The summed E-state index contributed by atoms with van der Waals surface area (Å²) in [5.74, 6) is -0.0454. The van der Waals surface area contributed by atoms with Crippen LogP contribution < -0.4 is 0 Å². The number of carbonyl (C=O) groups is 2. The van der Waals surface area contributed by atoms with Gasteiger partial charge in [-0.2, -0.15) is 5.10 Å². The highest BCUT2D eigenvalue weighted by atomic mass is 32.1. The molecule has 0 spiro atoms. The average Bonchev–Trinajstić information content (AvgIpc) is 3.64. The van der Waals surface area contributed by atoms with Gasteiger partial charge in [-0.3, -0.25) is 14.3 Å². The van der Waals surface area contributed by atoms with E-state index in [0.29, 0.717) is 38.4 Å². The molecule has 0 saturated carbocycles. The third-order valence-corrected chi connectivity index (χ3v) is 6.73. The molecule has 1 aliphatic heterocycles. The fourth-order valence-corrected chi connectivity index (χ4v) is 4.76. The van der Waals surface area contributed by atoms with E-state index in [0.717, 1.165) is 21.7 Å². The summed E-state index contributed by atoms with van der Waals surface area (Å²) in [4.78, 5) is 29.9. The molecular weight excluding hydrogens is 462 g/mol. The summed E-state index contributed by atoms with van der Waals surface area (Å²) in [5.41, 5.74) is 3.58. The maximum absolute atomic E-state index is 12.9. The molecule has 9 heteroatoms. The molecule has 35 heavy (non-hydrogen) atoms. The van der Waals surface area contributed by atoms with Gasteiger partial charge in [0.25, 0.3) is 5.91 Å². The van der Waals surface area contributed by atoms with Gasteiger partial charge in [-0.15, -0.1) is 11.3 Å². The second-order valence-corrected chi connectivity index (χ2v) is 9.32. The lowest BCUT2D eigenvalue weighted by Gasteiger charge is -2.33. The highest BCUT2D eigenvalue weighted by Crippen LogP contribution is 2.28. The summed E-state index contributed by atoms with van der Waals surface area (Å²) in [5, 5.41) is 10.6. The molecular formula is C26H25N5O3S. The Kier molecular flexibility index (Phi) is 6.58. The van der Waals surface area contributed by atoms with E-state index in [9.17, 15) is 9.59 Å². The largest absolute Gasteiger partial charge is 0.351 e. The van der Waals surface area contributed by atoms with Crippen molar-refractivity contribution in [2.24, 2.45) is 0 Å². The van der Waals surface area contributed by atoms with Crippen molar-refractivity contribution in [3.63, 3.8) is 0 Å². The van der Waals surface area contributed by atoms with Crippen molar-refractivity contribution in [1.82, 2.24) is 24.7 Å². The molecule has 8 nitrogen and oxygen atoms in total. The summed E-state index contributed by atoms with van der Waals surface area (Å²) in [6, 6.07) is 15.8. The number of aryl methyl sites for hydroxylation is 1. The van der Waals surface area contributed by atoms with Crippen molar-refractivity contribution in [2.45, 2.75) is 13.5 Å². The summed E-state index contributed by atoms with van der Waals surface area (Å²) in [6.07, 6.45) is 5.40. The lowest BCUT2D eigenvalue weighted by Crippen LogP contribution is -2.50. The zero-order valence-corrected chi connectivity index (χ0v) is 20.1. The van der Waals surface area contributed by atoms with Crippen LogP contribution in [-0.4, -0.2) is 62.7 Å². The highest BCUT2D eigenvalue weighted by Gasteiger charge is 2.26. The fraction of sp³-hybridized carbons (Fsp3) is 0.231. The smallest absolute Gasteiger partial charge is 0.292 e. The van der Waals surface area contributed by atoms with E-state index in [4.69, 9.17) is 9.62 Å². The van der Waals surface area contributed by atoms with Crippen LogP contribution in [0.5, 0.6) is 0 Å². The van der Waals surface area contributed by atoms with Gasteiger partial charge >= 0.3 is 0 Å². The van der Waals surface area contributed by atoms with Crippen LogP contribution in [0.3, 0.4) is 0 Å². The Morgan fingerprint density at radius 2 is 1.83 bits per heavy atom. The second-order valence-electron chi connectivity index (χ2n) is 8.38. The van der Waals surface area contributed by atoms with Crippen molar-refractivity contribution >= 4 is 29.2 Å². The summed E-state index contributed by atoms with van der Waals surface area (Å²) >= 11 is 1.62. The van der Waals surface area contributed by atoms with Gasteiger partial charge in [-0.05, 0) is 30.0 Å². The summed E-state index contributed by atoms with van der Waals surface area (Å²) in [6.45, 7) is 4.27. The zero-order valence-electron chi connectivity index (χ0n) is 19.3. The quantitative estimate of drug-likeness (QED) is 0.385. The summed E-state index contributed by atoms with van der Waals surface area (Å²) < 4.78 is 6.99. The number of hydrogen-bond acceptors (Lipinski definition) is 6. The Morgan fingerprint density at radius 1 is 1.06 bits per heavy atom. The minimum Gasteiger partial charge on any atom is -0.351 e. The molecule has 0 N–H and O–H groups in total. The molecule has 0 bridgehead atoms. The number of nitrogens with zero attached hydrogens (tertiary/aromatic N) is 5. The van der Waals surface area contributed by atoms with Crippen molar-refractivity contribution in [2.75, 3.05) is 26.2 Å². The number of amides is 2. The predicted octanol–water partition coefficient (Wildman–Crippen LogP) is 3.95. The van der Waals surface area contributed by atoms with Crippen molar-refractivity contribution < 1.29 is 14.1 Å². The molecule has 4 heterocycles.